The van der Waals surface area contributed by atoms with Gasteiger partial charge in [-0.25, -0.2) is 0 Å². The normalized spacial score (nSPS) is 22.2. The molecule has 2 nitrogen and oxygen atoms in total. The smallest absolute Gasteiger partial charge is 0.0793 e. The van der Waals surface area contributed by atoms with E-state index < -0.39 is 0 Å². The Morgan fingerprint density at radius 1 is 1.38 bits per heavy atom. The topological polar surface area (TPSA) is 29.5 Å². The van der Waals surface area contributed by atoms with Crippen molar-refractivity contribution in [3.8, 4) is 0 Å². The van der Waals surface area contributed by atoms with E-state index in [9.17, 15) is 5.11 Å². The predicted molar refractivity (Wildman–Crippen MR) is 64.3 cm³/mol. The van der Waals surface area contributed by atoms with Gasteiger partial charge in [0, 0.05) is 13.2 Å². The monoisotopic (exact) mass is 220 g/mol. The molecule has 1 aliphatic rings. The van der Waals surface area contributed by atoms with Crippen LogP contribution in [0.4, 0.5) is 0 Å². The van der Waals surface area contributed by atoms with E-state index in [1.54, 1.807) is 0 Å². The van der Waals surface area contributed by atoms with Crippen LogP contribution in [-0.2, 0) is 11.2 Å². The Morgan fingerprint density at radius 2 is 2.12 bits per heavy atom. The second-order valence-electron chi connectivity index (χ2n) is 4.58. The third-order valence-electron chi connectivity index (χ3n) is 3.35. The lowest BCUT2D eigenvalue weighted by Gasteiger charge is -2.15. The van der Waals surface area contributed by atoms with Crippen molar-refractivity contribution in [2.45, 2.75) is 32.3 Å². The van der Waals surface area contributed by atoms with Gasteiger partial charge in [0.05, 0.1) is 6.10 Å². The zero-order valence-electron chi connectivity index (χ0n) is 9.86. The molecule has 2 unspecified atom stereocenters. The number of rotatable bonds is 4. The Labute approximate surface area is 97.3 Å². The molecule has 2 atom stereocenters. The van der Waals surface area contributed by atoms with Crippen LogP contribution in [0.1, 0.15) is 37.0 Å². The van der Waals surface area contributed by atoms with Gasteiger partial charge in [0.25, 0.3) is 0 Å². The lowest BCUT2D eigenvalue weighted by atomic mass is 9.95. The molecule has 0 radical (unpaired) electrons. The van der Waals surface area contributed by atoms with Crippen LogP contribution in [0.25, 0.3) is 0 Å². The third-order valence-corrected chi connectivity index (χ3v) is 3.35. The van der Waals surface area contributed by atoms with Gasteiger partial charge in [-0.3, -0.25) is 0 Å². The minimum atomic E-state index is -0.336. The summed E-state index contributed by atoms with van der Waals surface area (Å²) in [6.07, 6.45) is 2.63. The summed E-state index contributed by atoms with van der Waals surface area (Å²) in [5, 5.41) is 10.1. The molecule has 0 aliphatic carbocycles. The first-order valence-corrected chi connectivity index (χ1v) is 6.14. The molecule has 1 heterocycles. The zero-order valence-corrected chi connectivity index (χ0v) is 9.86. The minimum Gasteiger partial charge on any atom is -0.388 e. The third kappa shape index (κ3) is 2.83. The van der Waals surface area contributed by atoms with Crippen LogP contribution in [-0.4, -0.2) is 18.3 Å². The van der Waals surface area contributed by atoms with Crippen LogP contribution in [0.2, 0.25) is 0 Å². The number of hydrogen-bond donors (Lipinski definition) is 1. The van der Waals surface area contributed by atoms with Crippen LogP contribution in [0.5, 0.6) is 0 Å². The zero-order chi connectivity index (χ0) is 11.4. The average molecular weight is 220 g/mol. The number of aliphatic hydroxyl groups is 1. The summed E-state index contributed by atoms with van der Waals surface area (Å²) in [7, 11) is 0. The Morgan fingerprint density at radius 3 is 2.69 bits per heavy atom. The van der Waals surface area contributed by atoms with Crippen molar-refractivity contribution >= 4 is 0 Å². The standard InChI is InChI=1S/C14H20O2/c1-2-11-3-5-13(6-4-11)14(15)9-12-7-8-16-10-12/h3-6,12,14-15H,2,7-10H2,1H3. The van der Waals surface area contributed by atoms with E-state index in [4.69, 9.17) is 4.74 Å². The first kappa shape index (κ1) is 11.6. The van der Waals surface area contributed by atoms with Crippen LogP contribution >= 0.6 is 0 Å². The highest BCUT2D eigenvalue weighted by molar-refractivity contribution is 5.24. The van der Waals surface area contributed by atoms with Crippen molar-refractivity contribution in [1.29, 1.82) is 0 Å². The maximum absolute atomic E-state index is 10.1. The van der Waals surface area contributed by atoms with Crippen LogP contribution in [0, 0.1) is 5.92 Å². The number of hydrogen-bond acceptors (Lipinski definition) is 2. The highest BCUT2D eigenvalue weighted by Crippen LogP contribution is 2.26. The quantitative estimate of drug-likeness (QED) is 0.845. The van der Waals surface area contributed by atoms with E-state index in [2.05, 4.69) is 19.1 Å². The number of aryl methyl sites for hydroxylation is 1. The molecule has 0 spiro atoms. The Balaban J connectivity index is 1.94. The van der Waals surface area contributed by atoms with Crippen molar-refractivity contribution in [3.63, 3.8) is 0 Å². The van der Waals surface area contributed by atoms with E-state index in [1.807, 2.05) is 12.1 Å². The molecule has 1 saturated heterocycles. The molecular formula is C14H20O2. The van der Waals surface area contributed by atoms with Crippen LogP contribution < -0.4 is 0 Å². The molecule has 1 aromatic carbocycles. The number of ether oxygens (including phenoxy) is 1. The Kier molecular flexibility index (Phi) is 3.97. The second-order valence-corrected chi connectivity index (χ2v) is 4.58. The summed E-state index contributed by atoms with van der Waals surface area (Å²) in [5.74, 6) is 0.529. The van der Waals surface area contributed by atoms with Gasteiger partial charge >= 0.3 is 0 Å². The SMILES string of the molecule is CCc1ccc(C(O)CC2CCOC2)cc1. The molecule has 2 heteroatoms. The van der Waals surface area contributed by atoms with E-state index in [1.165, 1.54) is 5.56 Å². The summed E-state index contributed by atoms with van der Waals surface area (Å²) >= 11 is 0. The first-order valence-electron chi connectivity index (χ1n) is 6.14. The van der Waals surface area contributed by atoms with Crippen molar-refractivity contribution in [1.82, 2.24) is 0 Å². The molecule has 2 rings (SSSR count). The summed E-state index contributed by atoms with van der Waals surface area (Å²) in [4.78, 5) is 0. The minimum absolute atomic E-state index is 0.336. The molecule has 1 aromatic rings. The molecular weight excluding hydrogens is 200 g/mol. The molecule has 0 amide bonds. The summed E-state index contributed by atoms with van der Waals surface area (Å²) in [5.41, 5.74) is 2.35. The fraction of sp³-hybridized carbons (Fsp3) is 0.571. The van der Waals surface area contributed by atoms with E-state index >= 15 is 0 Å². The average Bonchev–Trinajstić information content (AvgIpc) is 2.82. The highest BCUT2D eigenvalue weighted by Gasteiger charge is 2.20. The molecule has 88 valence electrons. The van der Waals surface area contributed by atoms with E-state index in [0.717, 1.165) is 38.0 Å². The maximum atomic E-state index is 10.1. The number of benzene rings is 1. The summed E-state index contributed by atoms with van der Waals surface area (Å²) in [6, 6.07) is 8.28. The Bertz CT molecular complexity index is 312. The van der Waals surface area contributed by atoms with Crippen LogP contribution in [0.3, 0.4) is 0 Å². The van der Waals surface area contributed by atoms with Gasteiger partial charge < -0.3 is 9.84 Å². The highest BCUT2D eigenvalue weighted by atomic mass is 16.5. The molecule has 0 aromatic heterocycles. The fourth-order valence-electron chi connectivity index (χ4n) is 2.20. The van der Waals surface area contributed by atoms with Gasteiger partial charge in [0.1, 0.15) is 0 Å². The van der Waals surface area contributed by atoms with Crippen molar-refractivity contribution in [2.24, 2.45) is 5.92 Å². The van der Waals surface area contributed by atoms with Crippen molar-refractivity contribution < 1.29 is 9.84 Å². The lowest BCUT2D eigenvalue weighted by molar-refractivity contribution is 0.129. The van der Waals surface area contributed by atoms with Gasteiger partial charge in [-0.2, -0.15) is 0 Å². The molecule has 0 bridgehead atoms. The summed E-state index contributed by atoms with van der Waals surface area (Å²) in [6.45, 7) is 3.80. The maximum Gasteiger partial charge on any atom is 0.0793 e. The van der Waals surface area contributed by atoms with Crippen LogP contribution in [0.15, 0.2) is 24.3 Å². The Hall–Kier alpha value is -0.860. The summed E-state index contributed by atoms with van der Waals surface area (Å²) < 4.78 is 5.32. The van der Waals surface area contributed by atoms with Crippen molar-refractivity contribution in [2.75, 3.05) is 13.2 Å². The lowest BCUT2D eigenvalue weighted by Crippen LogP contribution is -2.07. The van der Waals surface area contributed by atoms with Gasteiger partial charge in [-0.1, -0.05) is 31.2 Å². The number of aliphatic hydroxyl groups excluding tert-OH is 1. The van der Waals surface area contributed by atoms with E-state index in [0.29, 0.717) is 5.92 Å². The molecule has 1 N–H and O–H groups in total. The van der Waals surface area contributed by atoms with E-state index in [-0.39, 0.29) is 6.10 Å². The molecule has 0 saturated carbocycles. The van der Waals surface area contributed by atoms with Gasteiger partial charge in [0.15, 0.2) is 0 Å². The first-order chi connectivity index (χ1) is 7.79. The van der Waals surface area contributed by atoms with Gasteiger partial charge in [0.2, 0.25) is 0 Å². The van der Waals surface area contributed by atoms with Gasteiger partial charge in [-0.05, 0) is 36.3 Å². The molecule has 1 aliphatic heterocycles. The largest absolute Gasteiger partial charge is 0.388 e. The van der Waals surface area contributed by atoms with Gasteiger partial charge in [-0.15, -0.1) is 0 Å². The molecule has 1 fully saturated rings. The molecule has 16 heavy (non-hydrogen) atoms. The van der Waals surface area contributed by atoms with Crippen molar-refractivity contribution in [3.05, 3.63) is 35.4 Å². The second kappa shape index (κ2) is 5.46. The fourth-order valence-corrected chi connectivity index (χ4v) is 2.20. The predicted octanol–water partition coefficient (Wildman–Crippen LogP) is 2.71.